The van der Waals surface area contributed by atoms with E-state index in [1.54, 1.807) is 31.3 Å². The molecule has 0 atom stereocenters. The Hall–Kier alpha value is -2.48. The molecule has 104 valence electrons. The minimum Gasteiger partial charge on any atom is -0.389 e. The molecular formula is C12H13N5O2S. The molecule has 1 aromatic heterocycles. The topological polar surface area (TPSA) is 94.9 Å². The van der Waals surface area contributed by atoms with Crippen molar-refractivity contribution < 1.29 is 4.79 Å². The maximum absolute atomic E-state index is 11.9. The van der Waals surface area contributed by atoms with Crippen LogP contribution in [0.15, 0.2) is 35.4 Å². The average Bonchev–Trinajstić information content (AvgIpc) is 2.71. The number of thiocarbonyl (C=S) groups is 1. The van der Waals surface area contributed by atoms with Crippen LogP contribution in [0.1, 0.15) is 5.56 Å². The van der Waals surface area contributed by atoms with Crippen molar-refractivity contribution in [1.29, 1.82) is 0 Å². The van der Waals surface area contributed by atoms with E-state index in [1.165, 1.54) is 10.9 Å². The number of benzene rings is 1. The highest BCUT2D eigenvalue weighted by molar-refractivity contribution is 7.80. The number of carbonyl (C=O) groups is 1. The molecule has 1 amide bonds. The van der Waals surface area contributed by atoms with Gasteiger partial charge < -0.3 is 11.1 Å². The lowest BCUT2D eigenvalue weighted by Crippen LogP contribution is -2.29. The fourth-order valence-corrected chi connectivity index (χ4v) is 1.84. The first-order valence-electron chi connectivity index (χ1n) is 5.76. The van der Waals surface area contributed by atoms with E-state index < -0.39 is 0 Å². The molecule has 20 heavy (non-hydrogen) atoms. The van der Waals surface area contributed by atoms with E-state index in [0.29, 0.717) is 11.3 Å². The van der Waals surface area contributed by atoms with Crippen LogP contribution < -0.4 is 16.7 Å². The third-order valence-corrected chi connectivity index (χ3v) is 2.87. The van der Waals surface area contributed by atoms with Gasteiger partial charge in [0, 0.05) is 12.6 Å². The molecule has 0 aliphatic carbocycles. The molecule has 0 bridgehead atoms. The molecule has 0 spiro atoms. The summed E-state index contributed by atoms with van der Waals surface area (Å²) >= 11 is 4.91. The summed E-state index contributed by atoms with van der Waals surface area (Å²) in [6.07, 6.45) is 1.35. The summed E-state index contributed by atoms with van der Waals surface area (Å²) in [6, 6.07) is 6.93. The van der Waals surface area contributed by atoms with Crippen LogP contribution in [-0.2, 0) is 18.4 Å². The van der Waals surface area contributed by atoms with Crippen molar-refractivity contribution in [3.8, 4) is 0 Å². The predicted octanol–water partition coefficient (Wildman–Crippen LogP) is -0.145. The molecule has 0 saturated carbocycles. The zero-order valence-corrected chi connectivity index (χ0v) is 11.6. The van der Waals surface area contributed by atoms with Crippen LogP contribution in [0.25, 0.3) is 0 Å². The molecule has 0 saturated heterocycles. The van der Waals surface area contributed by atoms with E-state index in [1.807, 2.05) is 0 Å². The SMILES string of the molecule is Cn1cnn(CC(=O)Nc2ccccc2C(N)=S)c1=O. The standard InChI is InChI=1S/C12H13N5O2S/c1-16-7-14-17(12(16)19)6-10(18)15-9-5-3-2-4-8(9)11(13)20/h2-5,7H,6H2,1H3,(H2,13,20)(H,15,18). The number of aryl methyl sites for hydroxylation is 1. The number of rotatable bonds is 4. The number of anilines is 1. The maximum Gasteiger partial charge on any atom is 0.345 e. The molecule has 1 aromatic carbocycles. The minimum atomic E-state index is -0.380. The molecule has 1 heterocycles. The first-order chi connectivity index (χ1) is 9.49. The van der Waals surface area contributed by atoms with Gasteiger partial charge in [0.1, 0.15) is 17.9 Å². The van der Waals surface area contributed by atoms with Gasteiger partial charge in [-0.3, -0.25) is 9.36 Å². The molecule has 3 N–H and O–H groups in total. The molecule has 0 fully saturated rings. The van der Waals surface area contributed by atoms with Crippen LogP contribution in [0.5, 0.6) is 0 Å². The van der Waals surface area contributed by atoms with Crippen molar-refractivity contribution in [2.75, 3.05) is 5.32 Å². The molecule has 0 radical (unpaired) electrons. The second-order valence-electron chi connectivity index (χ2n) is 4.14. The number of nitrogens with one attached hydrogen (secondary N) is 1. The highest BCUT2D eigenvalue weighted by Crippen LogP contribution is 2.14. The third-order valence-electron chi connectivity index (χ3n) is 2.65. The molecule has 2 rings (SSSR count). The second kappa shape index (κ2) is 5.66. The van der Waals surface area contributed by atoms with Gasteiger partial charge >= 0.3 is 5.69 Å². The Labute approximate surface area is 120 Å². The van der Waals surface area contributed by atoms with E-state index >= 15 is 0 Å². The van der Waals surface area contributed by atoms with Crippen LogP contribution in [0, 0.1) is 0 Å². The van der Waals surface area contributed by atoms with E-state index in [2.05, 4.69) is 10.4 Å². The Bertz CT molecular complexity index is 719. The van der Waals surface area contributed by atoms with E-state index in [4.69, 9.17) is 18.0 Å². The van der Waals surface area contributed by atoms with Gasteiger partial charge in [0.05, 0.1) is 5.69 Å². The van der Waals surface area contributed by atoms with Crippen LogP contribution >= 0.6 is 12.2 Å². The third kappa shape index (κ3) is 2.91. The van der Waals surface area contributed by atoms with Crippen molar-refractivity contribution in [3.05, 3.63) is 46.6 Å². The Kier molecular flexibility index (Phi) is 3.94. The van der Waals surface area contributed by atoms with Gasteiger partial charge in [-0.1, -0.05) is 24.4 Å². The smallest absolute Gasteiger partial charge is 0.345 e. The fraction of sp³-hybridized carbons (Fsp3) is 0.167. The van der Waals surface area contributed by atoms with Crippen LogP contribution in [0.4, 0.5) is 5.69 Å². The van der Waals surface area contributed by atoms with Crippen molar-refractivity contribution in [1.82, 2.24) is 14.3 Å². The highest BCUT2D eigenvalue weighted by Gasteiger charge is 2.11. The fourth-order valence-electron chi connectivity index (χ4n) is 1.66. The summed E-state index contributed by atoms with van der Waals surface area (Å²) < 4.78 is 2.36. The summed E-state index contributed by atoms with van der Waals surface area (Å²) in [6.45, 7) is -0.175. The van der Waals surface area contributed by atoms with Gasteiger partial charge in [-0.25, -0.2) is 9.48 Å². The molecule has 7 nitrogen and oxygen atoms in total. The summed E-state index contributed by atoms with van der Waals surface area (Å²) in [5.41, 5.74) is 6.30. The number of aromatic nitrogens is 3. The monoisotopic (exact) mass is 291 g/mol. The van der Waals surface area contributed by atoms with Gasteiger partial charge in [0.2, 0.25) is 5.91 Å². The first-order valence-corrected chi connectivity index (χ1v) is 6.17. The number of nitrogens with two attached hydrogens (primary N) is 1. The Morgan fingerprint density at radius 2 is 2.15 bits per heavy atom. The quantitative estimate of drug-likeness (QED) is 0.764. The van der Waals surface area contributed by atoms with Gasteiger partial charge in [-0.05, 0) is 12.1 Å². The summed E-state index contributed by atoms with van der Waals surface area (Å²) in [5.74, 6) is -0.380. The summed E-state index contributed by atoms with van der Waals surface area (Å²) in [7, 11) is 1.56. The summed E-state index contributed by atoms with van der Waals surface area (Å²) in [5, 5.41) is 6.47. The van der Waals surface area contributed by atoms with Crippen molar-refractivity contribution in [3.63, 3.8) is 0 Å². The largest absolute Gasteiger partial charge is 0.389 e. The van der Waals surface area contributed by atoms with Gasteiger partial charge in [0.25, 0.3) is 0 Å². The van der Waals surface area contributed by atoms with Crippen molar-refractivity contribution in [2.45, 2.75) is 6.54 Å². The number of hydrogen-bond acceptors (Lipinski definition) is 4. The van der Waals surface area contributed by atoms with Gasteiger partial charge in [-0.2, -0.15) is 5.10 Å². The summed E-state index contributed by atoms with van der Waals surface area (Å²) in [4.78, 5) is 23.7. The lowest BCUT2D eigenvalue weighted by Gasteiger charge is -2.09. The molecule has 0 unspecified atom stereocenters. The van der Waals surface area contributed by atoms with E-state index in [0.717, 1.165) is 4.68 Å². The zero-order valence-electron chi connectivity index (χ0n) is 10.7. The number of amides is 1. The molecule has 2 aromatic rings. The van der Waals surface area contributed by atoms with Crippen LogP contribution in [0.2, 0.25) is 0 Å². The number of carbonyl (C=O) groups excluding carboxylic acids is 1. The molecule has 0 aliphatic heterocycles. The molecular weight excluding hydrogens is 278 g/mol. The Morgan fingerprint density at radius 1 is 1.45 bits per heavy atom. The van der Waals surface area contributed by atoms with E-state index in [9.17, 15) is 9.59 Å². The maximum atomic E-state index is 11.9. The normalized spacial score (nSPS) is 10.2. The lowest BCUT2D eigenvalue weighted by molar-refractivity contribution is -0.117. The lowest BCUT2D eigenvalue weighted by atomic mass is 10.2. The average molecular weight is 291 g/mol. The molecule has 0 aliphatic rings. The predicted molar refractivity (Wildman–Crippen MR) is 78.4 cm³/mol. The van der Waals surface area contributed by atoms with Gasteiger partial charge in [-0.15, -0.1) is 0 Å². The Balaban J connectivity index is 2.15. The number of hydrogen-bond donors (Lipinski definition) is 2. The minimum absolute atomic E-state index is 0.175. The van der Waals surface area contributed by atoms with Crippen LogP contribution in [-0.4, -0.2) is 25.2 Å². The number of para-hydroxylation sites is 1. The first kappa shape index (κ1) is 13.9. The molecule has 8 heteroatoms. The highest BCUT2D eigenvalue weighted by atomic mass is 32.1. The van der Waals surface area contributed by atoms with Gasteiger partial charge in [0.15, 0.2) is 0 Å². The van der Waals surface area contributed by atoms with E-state index in [-0.39, 0.29) is 23.1 Å². The second-order valence-corrected chi connectivity index (χ2v) is 4.58. The van der Waals surface area contributed by atoms with Crippen LogP contribution in [0.3, 0.4) is 0 Å². The van der Waals surface area contributed by atoms with Crippen molar-refractivity contribution >= 4 is 28.8 Å². The van der Waals surface area contributed by atoms with Crippen molar-refractivity contribution in [2.24, 2.45) is 12.8 Å². The zero-order chi connectivity index (χ0) is 14.7. The Morgan fingerprint density at radius 3 is 2.75 bits per heavy atom. The number of nitrogens with zero attached hydrogens (tertiary/aromatic N) is 3.